The Balaban J connectivity index is 0.000000117. The quantitative estimate of drug-likeness (QED) is 0.357. The van der Waals surface area contributed by atoms with E-state index in [1.807, 2.05) is 18.2 Å². The highest BCUT2D eigenvalue weighted by Gasteiger charge is 2.02. The average Bonchev–Trinajstić information content (AvgIpc) is 3.08. The summed E-state index contributed by atoms with van der Waals surface area (Å²) >= 11 is 0. The van der Waals surface area contributed by atoms with Crippen LogP contribution in [0, 0.1) is 5.21 Å². The standard InChI is InChI=1S/C7H5NO2.C7H5NO/c9-8-4-1-2-7-6(8)3-5-10-7;1-2-7-6(8-4-1)3-5-9-7/h1-5H;1-5H. The minimum absolute atomic E-state index is 0.572. The number of rotatable bonds is 0. The Labute approximate surface area is 108 Å². The van der Waals surface area contributed by atoms with Crippen LogP contribution in [0.2, 0.25) is 0 Å². The average molecular weight is 254 g/mol. The molecule has 0 spiro atoms. The van der Waals surface area contributed by atoms with Crippen molar-refractivity contribution >= 4 is 22.2 Å². The van der Waals surface area contributed by atoms with Crippen LogP contribution in [0.1, 0.15) is 0 Å². The van der Waals surface area contributed by atoms with Gasteiger partial charge in [-0.25, -0.2) is 0 Å². The number of hydrogen-bond acceptors (Lipinski definition) is 4. The van der Waals surface area contributed by atoms with E-state index in [9.17, 15) is 5.21 Å². The molecule has 19 heavy (non-hydrogen) atoms. The molecule has 94 valence electrons. The lowest BCUT2D eigenvalue weighted by Crippen LogP contribution is -2.24. The van der Waals surface area contributed by atoms with E-state index in [1.165, 1.54) is 12.5 Å². The zero-order valence-electron chi connectivity index (χ0n) is 9.89. The SMILES string of the molecule is [O-][n+]1cccc2occc21.c1cnc2ccoc2c1. The largest absolute Gasteiger partial charge is 0.618 e. The highest BCUT2D eigenvalue weighted by Crippen LogP contribution is 2.09. The zero-order chi connectivity index (χ0) is 13.1. The van der Waals surface area contributed by atoms with Crippen molar-refractivity contribution in [3.05, 3.63) is 66.5 Å². The highest BCUT2D eigenvalue weighted by atomic mass is 16.5. The highest BCUT2D eigenvalue weighted by molar-refractivity contribution is 5.71. The van der Waals surface area contributed by atoms with Crippen molar-refractivity contribution in [2.24, 2.45) is 0 Å². The lowest BCUT2D eigenvalue weighted by Gasteiger charge is -1.92. The van der Waals surface area contributed by atoms with Gasteiger partial charge in [0, 0.05) is 18.3 Å². The first kappa shape index (κ1) is 11.3. The second-order valence-electron chi connectivity index (χ2n) is 3.81. The fourth-order valence-electron chi connectivity index (χ4n) is 1.71. The Morgan fingerprint density at radius 3 is 2.58 bits per heavy atom. The molecule has 0 fully saturated rings. The number of pyridine rings is 2. The third kappa shape index (κ3) is 2.26. The summed E-state index contributed by atoms with van der Waals surface area (Å²) in [4.78, 5) is 4.05. The van der Waals surface area contributed by atoms with Crippen LogP contribution in [0.5, 0.6) is 0 Å². The first-order valence-corrected chi connectivity index (χ1v) is 5.68. The van der Waals surface area contributed by atoms with E-state index < -0.39 is 0 Å². The van der Waals surface area contributed by atoms with Crippen molar-refractivity contribution in [3.8, 4) is 0 Å². The fraction of sp³-hybridized carbons (Fsp3) is 0. The first-order chi connectivity index (χ1) is 9.34. The van der Waals surface area contributed by atoms with Gasteiger partial charge in [-0.3, -0.25) is 4.98 Å². The van der Waals surface area contributed by atoms with Gasteiger partial charge >= 0.3 is 0 Å². The molecule has 0 amide bonds. The minimum Gasteiger partial charge on any atom is -0.618 e. The van der Waals surface area contributed by atoms with Crippen LogP contribution in [0.3, 0.4) is 0 Å². The fourth-order valence-corrected chi connectivity index (χ4v) is 1.71. The number of aromatic nitrogens is 2. The predicted molar refractivity (Wildman–Crippen MR) is 69.2 cm³/mol. The number of hydrogen-bond donors (Lipinski definition) is 0. The predicted octanol–water partition coefficient (Wildman–Crippen LogP) is 2.89. The molecule has 0 N–H and O–H groups in total. The maximum absolute atomic E-state index is 10.9. The summed E-state index contributed by atoms with van der Waals surface area (Å²) in [7, 11) is 0. The van der Waals surface area contributed by atoms with Gasteiger partial charge in [0.2, 0.25) is 0 Å². The van der Waals surface area contributed by atoms with Gasteiger partial charge in [-0.2, -0.15) is 4.73 Å². The molecule has 0 bridgehead atoms. The van der Waals surface area contributed by atoms with Gasteiger partial charge in [-0.1, -0.05) is 0 Å². The van der Waals surface area contributed by atoms with E-state index in [2.05, 4.69) is 4.98 Å². The third-order valence-corrected chi connectivity index (χ3v) is 2.60. The van der Waals surface area contributed by atoms with Crippen LogP contribution in [-0.4, -0.2) is 4.98 Å². The normalized spacial score (nSPS) is 10.3. The van der Waals surface area contributed by atoms with Gasteiger partial charge < -0.3 is 14.0 Å². The molecule has 0 aliphatic carbocycles. The summed E-state index contributed by atoms with van der Waals surface area (Å²) < 4.78 is 10.8. The van der Waals surface area contributed by atoms with Crippen molar-refractivity contribution in [3.63, 3.8) is 0 Å². The number of fused-ring (bicyclic) bond motifs is 2. The van der Waals surface area contributed by atoms with Crippen LogP contribution < -0.4 is 4.73 Å². The summed E-state index contributed by atoms with van der Waals surface area (Å²) in [6.07, 6.45) is 6.33. The third-order valence-electron chi connectivity index (χ3n) is 2.60. The second kappa shape index (κ2) is 4.81. The topological polar surface area (TPSA) is 66.1 Å². The van der Waals surface area contributed by atoms with E-state index >= 15 is 0 Å². The van der Waals surface area contributed by atoms with Crippen molar-refractivity contribution < 1.29 is 13.6 Å². The van der Waals surface area contributed by atoms with Crippen LogP contribution in [-0.2, 0) is 0 Å². The van der Waals surface area contributed by atoms with Crippen molar-refractivity contribution in [2.75, 3.05) is 0 Å². The van der Waals surface area contributed by atoms with Gasteiger partial charge in [0.25, 0.3) is 5.52 Å². The van der Waals surface area contributed by atoms with Crippen LogP contribution >= 0.6 is 0 Å². The van der Waals surface area contributed by atoms with E-state index in [4.69, 9.17) is 8.83 Å². The Bertz CT molecular complexity index is 774. The van der Waals surface area contributed by atoms with Crippen LogP contribution in [0.25, 0.3) is 22.2 Å². The molecule has 4 rings (SSSR count). The molecule has 5 nitrogen and oxygen atoms in total. The van der Waals surface area contributed by atoms with Gasteiger partial charge in [0.1, 0.15) is 5.52 Å². The molecule has 0 aromatic carbocycles. The van der Waals surface area contributed by atoms with Gasteiger partial charge in [0.15, 0.2) is 17.4 Å². The molecule has 0 radical (unpaired) electrons. The maximum Gasteiger partial charge on any atom is 0.262 e. The van der Waals surface area contributed by atoms with Crippen molar-refractivity contribution in [1.82, 2.24) is 4.98 Å². The van der Waals surface area contributed by atoms with Crippen molar-refractivity contribution in [1.29, 1.82) is 0 Å². The molecule has 0 saturated carbocycles. The number of furan rings is 2. The molecule has 5 heteroatoms. The molecule has 0 unspecified atom stereocenters. The molecule has 4 heterocycles. The van der Waals surface area contributed by atoms with E-state index in [1.54, 1.807) is 30.7 Å². The Morgan fingerprint density at radius 1 is 0.947 bits per heavy atom. The lowest BCUT2D eigenvalue weighted by atomic mass is 10.4. The summed E-state index contributed by atoms with van der Waals surface area (Å²) in [5, 5.41) is 10.9. The minimum atomic E-state index is 0.572. The Hall–Kier alpha value is -2.82. The number of nitrogens with zero attached hydrogens (tertiary/aromatic N) is 2. The molecule has 4 aromatic rings. The lowest BCUT2D eigenvalue weighted by molar-refractivity contribution is -0.577. The van der Waals surface area contributed by atoms with E-state index in [0.29, 0.717) is 11.1 Å². The van der Waals surface area contributed by atoms with Gasteiger partial charge in [-0.05, 0) is 18.2 Å². The molecule has 4 aromatic heterocycles. The molecule has 0 saturated heterocycles. The zero-order valence-corrected chi connectivity index (χ0v) is 9.89. The summed E-state index contributed by atoms with van der Waals surface area (Å²) in [6, 6.07) is 10.6. The maximum atomic E-state index is 10.9. The van der Waals surface area contributed by atoms with E-state index in [0.717, 1.165) is 15.8 Å². The molecule has 0 aliphatic rings. The first-order valence-electron chi connectivity index (χ1n) is 5.68. The van der Waals surface area contributed by atoms with Crippen molar-refractivity contribution in [2.45, 2.75) is 0 Å². The summed E-state index contributed by atoms with van der Waals surface area (Å²) in [6.45, 7) is 0. The molecule has 0 aliphatic heterocycles. The Kier molecular flexibility index (Phi) is 2.86. The molecular weight excluding hydrogens is 244 g/mol. The molecule has 0 atom stereocenters. The molecular formula is C14H10N2O3. The Morgan fingerprint density at radius 2 is 1.74 bits per heavy atom. The smallest absolute Gasteiger partial charge is 0.262 e. The van der Waals surface area contributed by atoms with Crippen LogP contribution in [0.4, 0.5) is 0 Å². The van der Waals surface area contributed by atoms with E-state index in [-0.39, 0.29) is 0 Å². The van der Waals surface area contributed by atoms with Gasteiger partial charge in [-0.15, -0.1) is 0 Å². The van der Waals surface area contributed by atoms with Crippen LogP contribution in [0.15, 0.2) is 70.2 Å². The monoisotopic (exact) mass is 254 g/mol. The summed E-state index contributed by atoms with van der Waals surface area (Å²) in [5.74, 6) is 0. The summed E-state index contributed by atoms with van der Waals surface area (Å²) in [5.41, 5.74) is 2.95. The van der Waals surface area contributed by atoms with Gasteiger partial charge in [0.05, 0.1) is 18.6 Å². The second-order valence-corrected chi connectivity index (χ2v) is 3.81.